The van der Waals surface area contributed by atoms with Crippen molar-refractivity contribution in [3.05, 3.63) is 35.1 Å². The van der Waals surface area contributed by atoms with Crippen molar-refractivity contribution in [2.24, 2.45) is 11.7 Å². The molecule has 0 fully saturated rings. The quantitative estimate of drug-likeness (QED) is 0.808. The van der Waals surface area contributed by atoms with Crippen molar-refractivity contribution in [2.75, 3.05) is 13.6 Å². The van der Waals surface area contributed by atoms with E-state index in [2.05, 4.69) is 0 Å². The number of nitrogens with two attached hydrogens (primary N) is 1. The van der Waals surface area contributed by atoms with Gasteiger partial charge in [-0.15, -0.1) is 0 Å². The molecule has 0 radical (unpaired) electrons. The maximum Gasteiger partial charge on any atom is 0.161 e. The predicted octanol–water partition coefficient (Wildman–Crippen LogP) is 2.91. The summed E-state index contributed by atoms with van der Waals surface area (Å²) in [5.41, 5.74) is 6.07. The van der Waals surface area contributed by atoms with Crippen molar-refractivity contribution in [1.29, 1.82) is 0 Å². The van der Waals surface area contributed by atoms with Gasteiger partial charge in [0.05, 0.1) is 0 Å². The Bertz CT molecular complexity index is 421. The second kappa shape index (κ2) is 6.91. The van der Waals surface area contributed by atoms with Crippen molar-refractivity contribution >= 4 is 0 Å². The Hall–Kier alpha value is -1.07. The molecular weight excluding hydrogens is 253 g/mol. The Morgan fingerprint density at radius 2 is 1.68 bits per heavy atom. The Labute approximate surface area is 112 Å². The van der Waals surface area contributed by atoms with Gasteiger partial charge in [-0.25, -0.2) is 13.2 Å². The zero-order chi connectivity index (χ0) is 14.6. The molecule has 1 atom stereocenters. The number of hydrogen-bond acceptors (Lipinski definition) is 2. The summed E-state index contributed by atoms with van der Waals surface area (Å²) in [5, 5.41) is 0. The van der Waals surface area contributed by atoms with Crippen LogP contribution in [0.3, 0.4) is 0 Å². The lowest BCUT2D eigenvalue weighted by molar-refractivity contribution is 0.291. The molecule has 0 saturated heterocycles. The summed E-state index contributed by atoms with van der Waals surface area (Å²) in [5.74, 6) is -2.53. The maximum absolute atomic E-state index is 13.5. The molecule has 1 unspecified atom stereocenters. The Morgan fingerprint density at radius 3 is 2.26 bits per heavy atom. The van der Waals surface area contributed by atoms with Crippen molar-refractivity contribution in [3.8, 4) is 0 Å². The summed E-state index contributed by atoms with van der Waals surface area (Å²) in [6.07, 6.45) is 0.777. The number of nitrogens with zero attached hydrogens (tertiary/aromatic N) is 1. The van der Waals surface area contributed by atoms with Crippen LogP contribution in [0.15, 0.2) is 12.1 Å². The molecule has 1 rings (SSSR count). The van der Waals surface area contributed by atoms with Crippen LogP contribution < -0.4 is 5.73 Å². The molecule has 0 aliphatic rings. The molecule has 0 amide bonds. The van der Waals surface area contributed by atoms with E-state index in [9.17, 15) is 13.2 Å². The van der Waals surface area contributed by atoms with Crippen LogP contribution in [0.5, 0.6) is 0 Å². The van der Waals surface area contributed by atoms with Gasteiger partial charge in [0, 0.05) is 24.2 Å². The Balaban J connectivity index is 2.57. The van der Waals surface area contributed by atoms with E-state index in [4.69, 9.17) is 5.73 Å². The summed E-state index contributed by atoms with van der Waals surface area (Å²) < 4.78 is 39.3. The minimum Gasteiger partial charge on any atom is -0.327 e. The first kappa shape index (κ1) is 16.0. The van der Waals surface area contributed by atoms with Gasteiger partial charge >= 0.3 is 0 Å². The van der Waals surface area contributed by atoms with Gasteiger partial charge in [-0.1, -0.05) is 13.8 Å². The van der Waals surface area contributed by atoms with Crippen LogP contribution in [-0.4, -0.2) is 24.5 Å². The monoisotopic (exact) mass is 274 g/mol. The average molecular weight is 274 g/mol. The molecule has 0 bridgehead atoms. The van der Waals surface area contributed by atoms with E-state index in [0.29, 0.717) is 18.5 Å². The van der Waals surface area contributed by atoms with Crippen LogP contribution in [0.4, 0.5) is 13.2 Å². The van der Waals surface area contributed by atoms with Gasteiger partial charge in [-0.2, -0.15) is 0 Å². The minimum absolute atomic E-state index is 0.0808. The summed E-state index contributed by atoms with van der Waals surface area (Å²) >= 11 is 0. The fourth-order valence-corrected chi connectivity index (χ4v) is 1.76. The first-order valence-corrected chi connectivity index (χ1v) is 6.38. The lowest BCUT2D eigenvalue weighted by Crippen LogP contribution is -2.31. The minimum atomic E-state index is -1.16. The molecule has 0 saturated carbocycles. The van der Waals surface area contributed by atoms with Gasteiger partial charge in [-0.3, -0.25) is 0 Å². The first-order valence-electron chi connectivity index (χ1n) is 6.38. The molecule has 2 N–H and O–H groups in total. The van der Waals surface area contributed by atoms with Gasteiger partial charge in [0.15, 0.2) is 11.6 Å². The number of rotatable bonds is 6. The zero-order valence-corrected chi connectivity index (χ0v) is 11.6. The van der Waals surface area contributed by atoms with Gasteiger partial charge in [0.2, 0.25) is 0 Å². The molecule has 0 aromatic heterocycles. The molecule has 2 nitrogen and oxygen atoms in total. The van der Waals surface area contributed by atoms with Crippen LogP contribution in [0.1, 0.15) is 25.8 Å². The molecule has 1 aromatic carbocycles. The Kier molecular flexibility index (Phi) is 5.82. The van der Waals surface area contributed by atoms with Gasteiger partial charge in [-0.05, 0) is 32.0 Å². The third kappa shape index (κ3) is 4.84. The van der Waals surface area contributed by atoms with E-state index >= 15 is 0 Å². The lowest BCUT2D eigenvalue weighted by atomic mass is 10.0. The fourth-order valence-electron chi connectivity index (χ4n) is 1.76. The number of hydrogen-bond donors (Lipinski definition) is 1. The van der Waals surface area contributed by atoms with E-state index in [1.807, 2.05) is 18.7 Å². The van der Waals surface area contributed by atoms with Gasteiger partial charge < -0.3 is 10.6 Å². The first-order chi connectivity index (χ1) is 8.81. The SMILES string of the molecule is CC(C)C(N)CCN(C)Cc1cc(F)c(F)cc1F. The van der Waals surface area contributed by atoms with Crippen molar-refractivity contribution in [1.82, 2.24) is 4.90 Å². The van der Waals surface area contributed by atoms with Crippen molar-refractivity contribution in [2.45, 2.75) is 32.9 Å². The number of benzene rings is 1. The van der Waals surface area contributed by atoms with Crippen molar-refractivity contribution < 1.29 is 13.2 Å². The third-order valence-corrected chi connectivity index (χ3v) is 3.23. The van der Waals surface area contributed by atoms with E-state index in [0.717, 1.165) is 12.5 Å². The molecular formula is C14H21F3N2. The predicted molar refractivity (Wildman–Crippen MR) is 70.1 cm³/mol. The van der Waals surface area contributed by atoms with Crippen LogP contribution >= 0.6 is 0 Å². The van der Waals surface area contributed by atoms with E-state index in [1.54, 1.807) is 7.05 Å². The van der Waals surface area contributed by atoms with Crippen LogP contribution in [-0.2, 0) is 6.54 Å². The summed E-state index contributed by atoms with van der Waals surface area (Å²) in [6, 6.07) is 1.57. The molecule has 19 heavy (non-hydrogen) atoms. The molecule has 1 aromatic rings. The topological polar surface area (TPSA) is 29.3 Å². The standard InChI is InChI=1S/C14H21F3N2/c1-9(2)14(18)4-5-19(3)8-10-6-12(16)13(17)7-11(10)15/h6-7,9,14H,4-5,8,18H2,1-3H3. The third-order valence-electron chi connectivity index (χ3n) is 3.23. The highest BCUT2D eigenvalue weighted by atomic mass is 19.2. The van der Waals surface area contributed by atoms with Crippen molar-refractivity contribution in [3.63, 3.8) is 0 Å². The fraction of sp³-hybridized carbons (Fsp3) is 0.571. The highest BCUT2D eigenvalue weighted by Gasteiger charge is 2.13. The highest BCUT2D eigenvalue weighted by molar-refractivity contribution is 5.19. The smallest absolute Gasteiger partial charge is 0.161 e. The van der Waals surface area contributed by atoms with Crippen LogP contribution in [0.2, 0.25) is 0 Å². The van der Waals surface area contributed by atoms with E-state index in [1.165, 1.54) is 0 Å². The molecule has 108 valence electrons. The second-order valence-electron chi connectivity index (χ2n) is 5.29. The largest absolute Gasteiger partial charge is 0.327 e. The molecule has 0 heterocycles. The van der Waals surface area contributed by atoms with E-state index in [-0.39, 0.29) is 18.2 Å². The van der Waals surface area contributed by atoms with E-state index < -0.39 is 17.5 Å². The van der Waals surface area contributed by atoms with Crippen LogP contribution in [0, 0.1) is 23.4 Å². The highest BCUT2D eigenvalue weighted by Crippen LogP contribution is 2.15. The molecule has 0 spiro atoms. The zero-order valence-electron chi connectivity index (χ0n) is 11.6. The summed E-state index contributed by atoms with van der Waals surface area (Å²) in [4.78, 5) is 1.85. The maximum atomic E-state index is 13.5. The number of halogens is 3. The lowest BCUT2D eigenvalue weighted by Gasteiger charge is -2.21. The molecule has 5 heteroatoms. The Morgan fingerprint density at radius 1 is 1.11 bits per heavy atom. The molecule has 0 aliphatic heterocycles. The second-order valence-corrected chi connectivity index (χ2v) is 5.29. The summed E-state index contributed by atoms with van der Waals surface area (Å²) in [6.45, 7) is 4.99. The normalized spacial score (nSPS) is 13.3. The average Bonchev–Trinajstić information content (AvgIpc) is 2.32. The molecule has 0 aliphatic carbocycles. The van der Waals surface area contributed by atoms with Crippen LogP contribution in [0.25, 0.3) is 0 Å². The summed E-state index contributed by atoms with van der Waals surface area (Å²) in [7, 11) is 1.80. The van der Waals surface area contributed by atoms with Gasteiger partial charge in [0.25, 0.3) is 0 Å². The van der Waals surface area contributed by atoms with Gasteiger partial charge in [0.1, 0.15) is 5.82 Å².